The Balaban J connectivity index is 2.17. The Kier molecular flexibility index (Phi) is 3.67. The highest BCUT2D eigenvalue weighted by Crippen LogP contribution is 2.26. The number of carboxylic acid groups (broad SMARTS) is 1. The number of hydrogen-bond acceptors (Lipinski definition) is 3. The SMILES string of the molecule is Cc1ccsc1N(C)Cc1cccc(C(=O)O)c1. The predicted molar refractivity (Wildman–Crippen MR) is 74.6 cm³/mol. The first-order valence-corrected chi connectivity index (χ1v) is 6.53. The Bertz CT molecular complexity index is 562. The Hall–Kier alpha value is -1.81. The van der Waals surface area contributed by atoms with Crippen LogP contribution in [-0.2, 0) is 6.54 Å². The molecule has 0 spiro atoms. The van der Waals surface area contributed by atoms with Crippen LogP contribution < -0.4 is 4.90 Å². The lowest BCUT2D eigenvalue weighted by Gasteiger charge is -2.18. The van der Waals surface area contributed by atoms with Crippen LogP contribution in [0.3, 0.4) is 0 Å². The molecule has 0 saturated heterocycles. The summed E-state index contributed by atoms with van der Waals surface area (Å²) in [7, 11) is 2.02. The molecule has 0 radical (unpaired) electrons. The maximum atomic E-state index is 10.9. The molecule has 3 nitrogen and oxygen atoms in total. The molecule has 2 rings (SSSR count). The monoisotopic (exact) mass is 261 g/mol. The minimum absolute atomic E-state index is 0.337. The number of nitrogens with zero attached hydrogens (tertiary/aromatic N) is 1. The predicted octanol–water partition coefficient (Wildman–Crippen LogP) is 3.39. The third kappa shape index (κ3) is 2.71. The molecule has 0 unspecified atom stereocenters. The van der Waals surface area contributed by atoms with E-state index >= 15 is 0 Å². The number of aryl methyl sites for hydroxylation is 1. The van der Waals surface area contributed by atoms with Gasteiger partial charge in [-0.2, -0.15) is 0 Å². The van der Waals surface area contributed by atoms with Crippen LogP contribution in [0.4, 0.5) is 5.00 Å². The maximum absolute atomic E-state index is 10.9. The number of anilines is 1. The summed E-state index contributed by atoms with van der Waals surface area (Å²) in [6, 6.07) is 9.16. The highest BCUT2D eigenvalue weighted by molar-refractivity contribution is 7.14. The molecule has 0 atom stereocenters. The van der Waals surface area contributed by atoms with Crippen LogP contribution in [0.2, 0.25) is 0 Å². The normalized spacial score (nSPS) is 10.3. The van der Waals surface area contributed by atoms with Crippen molar-refractivity contribution in [1.82, 2.24) is 0 Å². The largest absolute Gasteiger partial charge is 0.478 e. The minimum Gasteiger partial charge on any atom is -0.478 e. The fourth-order valence-electron chi connectivity index (χ4n) is 1.90. The van der Waals surface area contributed by atoms with Crippen molar-refractivity contribution in [3.8, 4) is 0 Å². The van der Waals surface area contributed by atoms with Crippen molar-refractivity contribution in [2.24, 2.45) is 0 Å². The third-order valence-electron chi connectivity index (χ3n) is 2.78. The second-order valence-corrected chi connectivity index (χ2v) is 5.16. The lowest BCUT2D eigenvalue weighted by atomic mass is 10.1. The zero-order valence-corrected chi connectivity index (χ0v) is 11.2. The summed E-state index contributed by atoms with van der Waals surface area (Å²) in [5, 5.41) is 12.2. The summed E-state index contributed by atoms with van der Waals surface area (Å²) in [6.07, 6.45) is 0. The van der Waals surface area contributed by atoms with Crippen molar-refractivity contribution in [1.29, 1.82) is 0 Å². The highest BCUT2D eigenvalue weighted by atomic mass is 32.1. The van der Waals surface area contributed by atoms with Crippen molar-refractivity contribution in [3.05, 3.63) is 52.4 Å². The van der Waals surface area contributed by atoms with Gasteiger partial charge >= 0.3 is 5.97 Å². The van der Waals surface area contributed by atoms with Crippen LogP contribution in [0.25, 0.3) is 0 Å². The molecule has 0 amide bonds. The van der Waals surface area contributed by atoms with Gasteiger partial charge in [-0.25, -0.2) is 4.79 Å². The Morgan fingerprint density at radius 3 is 2.78 bits per heavy atom. The quantitative estimate of drug-likeness (QED) is 0.917. The molecule has 4 heteroatoms. The molecule has 1 heterocycles. The summed E-state index contributed by atoms with van der Waals surface area (Å²) in [5.41, 5.74) is 2.59. The molecule has 0 aliphatic heterocycles. The molecule has 94 valence electrons. The number of rotatable bonds is 4. The summed E-state index contributed by atoms with van der Waals surface area (Å²) < 4.78 is 0. The third-order valence-corrected chi connectivity index (χ3v) is 3.90. The standard InChI is InChI=1S/C14H15NO2S/c1-10-6-7-18-13(10)15(2)9-11-4-3-5-12(8-11)14(16)17/h3-8H,9H2,1-2H3,(H,16,17). The van der Waals surface area contributed by atoms with E-state index in [-0.39, 0.29) is 0 Å². The molecule has 0 fully saturated rings. The van der Waals surface area contributed by atoms with E-state index in [1.54, 1.807) is 29.5 Å². The van der Waals surface area contributed by atoms with Gasteiger partial charge in [0, 0.05) is 13.6 Å². The molecule has 0 aliphatic carbocycles. The van der Waals surface area contributed by atoms with E-state index in [9.17, 15) is 4.79 Å². The first-order valence-electron chi connectivity index (χ1n) is 5.65. The van der Waals surface area contributed by atoms with Gasteiger partial charge in [-0.15, -0.1) is 11.3 Å². The number of hydrogen-bond donors (Lipinski definition) is 1. The molecule has 18 heavy (non-hydrogen) atoms. The van der Waals surface area contributed by atoms with Crippen molar-refractivity contribution < 1.29 is 9.90 Å². The summed E-state index contributed by atoms with van der Waals surface area (Å²) in [6.45, 7) is 2.79. The lowest BCUT2D eigenvalue weighted by Crippen LogP contribution is -2.16. The highest BCUT2D eigenvalue weighted by Gasteiger charge is 2.08. The van der Waals surface area contributed by atoms with Crippen molar-refractivity contribution >= 4 is 22.3 Å². The Morgan fingerprint density at radius 2 is 2.17 bits per heavy atom. The zero-order valence-electron chi connectivity index (χ0n) is 10.4. The number of benzene rings is 1. The molecule has 0 aliphatic rings. The van der Waals surface area contributed by atoms with Crippen molar-refractivity contribution in [3.63, 3.8) is 0 Å². The first kappa shape index (κ1) is 12.6. The fourth-order valence-corrected chi connectivity index (χ4v) is 2.80. The second kappa shape index (κ2) is 5.23. The number of carbonyl (C=O) groups is 1. The van der Waals surface area contributed by atoms with E-state index in [4.69, 9.17) is 5.11 Å². The number of carboxylic acids is 1. The molecule has 1 N–H and O–H groups in total. The smallest absolute Gasteiger partial charge is 0.335 e. The molecule has 0 saturated carbocycles. The number of aromatic carboxylic acids is 1. The average molecular weight is 261 g/mol. The van der Waals surface area contributed by atoms with Gasteiger partial charge in [0.2, 0.25) is 0 Å². The first-order chi connectivity index (χ1) is 8.58. The van der Waals surface area contributed by atoms with Crippen LogP contribution in [0.15, 0.2) is 35.7 Å². The summed E-state index contributed by atoms with van der Waals surface area (Å²) >= 11 is 1.70. The molecule has 2 aromatic rings. The van der Waals surface area contributed by atoms with Gasteiger partial charge in [0.1, 0.15) is 0 Å². The molecular weight excluding hydrogens is 246 g/mol. The minimum atomic E-state index is -0.883. The lowest BCUT2D eigenvalue weighted by molar-refractivity contribution is 0.0696. The van der Waals surface area contributed by atoms with Gasteiger partial charge in [-0.3, -0.25) is 0 Å². The topological polar surface area (TPSA) is 40.5 Å². The van der Waals surface area contributed by atoms with Gasteiger partial charge in [0.15, 0.2) is 0 Å². The van der Waals surface area contributed by atoms with Gasteiger partial charge in [-0.05, 0) is 41.6 Å². The van der Waals surface area contributed by atoms with E-state index < -0.39 is 5.97 Å². The molecule has 1 aromatic carbocycles. The molecule has 0 bridgehead atoms. The van der Waals surface area contributed by atoms with Crippen LogP contribution in [-0.4, -0.2) is 18.1 Å². The Morgan fingerprint density at radius 1 is 1.39 bits per heavy atom. The van der Waals surface area contributed by atoms with E-state index in [1.807, 2.05) is 13.1 Å². The number of thiophene rings is 1. The van der Waals surface area contributed by atoms with Crippen LogP contribution in [0, 0.1) is 6.92 Å². The van der Waals surface area contributed by atoms with Crippen molar-refractivity contribution in [2.45, 2.75) is 13.5 Å². The molecular formula is C14H15NO2S. The molecule has 1 aromatic heterocycles. The van der Waals surface area contributed by atoms with Crippen LogP contribution in [0.5, 0.6) is 0 Å². The van der Waals surface area contributed by atoms with Crippen LogP contribution in [0.1, 0.15) is 21.5 Å². The maximum Gasteiger partial charge on any atom is 0.335 e. The van der Waals surface area contributed by atoms with Gasteiger partial charge in [-0.1, -0.05) is 12.1 Å². The van der Waals surface area contributed by atoms with Gasteiger partial charge in [0.05, 0.1) is 10.6 Å². The Labute approximate surface area is 110 Å². The fraction of sp³-hybridized carbons (Fsp3) is 0.214. The van der Waals surface area contributed by atoms with E-state index in [1.165, 1.54) is 10.6 Å². The summed E-state index contributed by atoms with van der Waals surface area (Å²) in [5.74, 6) is -0.883. The van der Waals surface area contributed by atoms with Gasteiger partial charge in [0.25, 0.3) is 0 Å². The zero-order chi connectivity index (χ0) is 13.1. The van der Waals surface area contributed by atoms with E-state index in [0.717, 1.165) is 5.56 Å². The van der Waals surface area contributed by atoms with Crippen LogP contribution >= 0.6 is 11.3 Å². The van der Waals surface area contributed by atoms with E-state index in [0.29, 0.717) is 12.1 Å². The second-order valence-electron chi connectivity index (χ2n) is 4.27. The van der Waals surface area contributed by atoms with Crippen molar-refractivity contribution in [2.75, 3.05) is 11.9 Å². The average Bonchev–Trinajstić information content (AvgIpc) is 2.76. The summed E-state index contributed by atoms with van der Waals surface area (Å²) in [4.78, 5) is 13.1. The van der Waals surface area contributed by atoms with E-state index in [2.05, 4.69) is 23.3 Å². The van der Waals surface area contributed by atoms with Gasteiger partial charge < -0.3 is 10.0 Å².